The number of alkyl halides is 3. The molecule has 4 nitrogen and oxygen atoms in total. The van der Waals surface area contributed by atoms with E-state index in [4.69, 9.17) is 4.74 Å². The Labute approximate surface area is 103 Å². The maximum Gasteiger partial charge on any atom is 0.419 e. The van der Waals surface area contributed by atoms with E-state index in [1.54, 1.807) is 0 Å². The molecule has 18 heavy (non-hydrogen) atoms. The first-order chi connectivity index (χ1) is 8.20. The lowest BCUT2D eigenvalue weighted by atomic mass is 10.2. The van der Waals surface area contributed by atoms with Gasteiger partial charge < -0.3 is 4.74 Å². The van der Waals surface area contributed by atoms with E-state index in [-0.39, 0.29) is 18.9 Å². The lowest BCUT2D eigenvalue weighted by Crippen LogP contribution is -2.27. The summed E-state index contributed by atoms with van der Waals surface area (Å²) < 4.78 is 66.1. The molecule has 0 heterocycles. The Morgan fingerprint density at radius 2 is 1.89 bits per heavy atom. The van der Waals surface area contributed by atoms with Crippen LogP contribution in [0.3, 0.4) is 0 Å². The number of para-hydroxylation sites is 1. The van der Waals surface area contributed by atoms with Crippen LogP contribution in [0.4, 0.5) is 13.2 Å². The highest BCUT2D eigenvalue weighted by Gasteiger charge is 2.33. The van der Waals surface area contributed by atoms with Crippen molar-refractivity contribution < 1.29 is 26.3 Å². The number of benzene rings is 1. The molecule has 0 unspecified atom stereocenters. The molecule has 1 aromatic rings. The molecule has 0 aromatic heterocycles. The normalized spacial score (nSPS) is 12.4. The molecule has 0 amide bonds. The van der Waals surface area contributed by atoms with Crippen LogP contribution in [0, 0.1) is 0 Å². The van der Waals surface area contributed by atoms with Crippen LogP contribution in [0.15, 0.2) is 24.3 Å². The summed E-state index contributed by atoms with van der Waals surface area (Å²) in [6, 6.07) is 4.75. The summed E-state index contributed by atoms with van der Waals surface area (Å²) in [7, 11) is -3.37. The second kappa shape index (κ2) is 5.57. The summed E-state index contributed by atoms with van der Waals surface area (Å²) >= 11 is 0. The lowest BCUT2D eigenvalue weighted by molar-refractivity contribution is -0.138. The molecule has 102 valence electrons. The Bertz CT molecular complexity index is 499. The largest absolute Gasteiger partial charge is 0.492 e. The average molecular weight is 283 g/mol. The molecule has 0 radical (unpaired) electrons. The van der Waals surface area contributed by atoms with E-state index in [1.165, 1.54) is 18.2 Å². The second-order valence-electron chi connectivity index (χ2n) is 3.51. The molecule has 1 aromatic carbocycles. The van der Waals surface area contributed by atoms with Crippen molar-refractivity contribution in [1.82, 2.24) is 4.72 Å². The predicted octanol–water partition coefficient (Wildman–Crippen LogP) is 1.63. The minimum atomic E-state index is -4.50. The minimum Gasteiger partial charge on any atom is -0.492 e. The number of rotatable bonds is 5. The summed E-state index contributed by atoms with van der Waals surface area (Å²) in [4.78, 5) is 0. The zero-order valence-electron chi connectivity index (χ0n) is 9.49. The topological polar surface area (TPSA) is 55.4 Å². The Kier molecular flexibility index (Phi) is 4.58. The van der Waals surface area contributed by atoms with Crippen molar-refractivity contribution in [3.63, 3.8) is 0 Å². The van der Waals surface area contributed by atoms with Crippen LogP contribution < -0.4 is 9.46 Å². The average Bonchev–Trinajstić information content (AvgIpc) is 2.22. The molecule has 0 spiro atoms. The highest BCUT2D eigenvalue weighted by Crippen LogP contribution is 2.35. The summed E-state index contributed by atoms with van der Waals surface area (Å²) in [5, 5.41) is 0. The fourth-order valence-corrected chi connectivity index (χ4v) is 1.67. The van der Waals surface area contributed by atoms with Crippen molar-refractivity contribution in [2.75, 3.05) is 19.4 Å². The smallest absolute Gasteiger partial charge is 0.419 e. The Balaban J connectivity index is 2.63. The van der Waals surface area contributed by atoms with Crippen LogP contribution in [0.2, 0.25) is 0 Å². The van der Waals surface area contributed by atoms with Crippen molar-refractivity contribution in [3.8, 4) is 5.75 Å². The molecule has 0 atom stereocenters. The third-order valence-corrected chi connectivity index (χ3v) is 2.64. The van der Waals surface area contributed by atoms with Crippen molar-refractivity contribution in [2.45, 2.75) is 6.18 Å². The van der Waals surface area contributed by atoms with Crippen molar-refractivity contribution in [2.24, 2.45) is 0 Å². The minimum absolute atomic E-state index is 0.0922. The van der Waals surface area contributed by atoms with Crippen LogP contribution >= 0.6 is 0 Å². The SMILES string of the molecule is CS(=O)(=O)NCCOc1ccccc1C(F)(F)F. The van der Waals surface area contributed by atoms with Gasteiger partial charge in [0.05, 0.1) is 11.8 Å². The second-order valence-corrected chi connectivity index (χ2v) is 5.34. The Morgan fingerprint density at radius 3 is 2.44 bits per heavy atom. The quantitative estimate of drug-likeness (QED) is 0.836. The van der Waals surface area contributed by atoms with Crippen molar-refractivity contribution in [1.29, 1.82) is 0 Å². The lowest BCUT2D eigenvalue weighted by Gasteiger charge is -2.13. The van der Waals surface area contributed by atoms with Gasteiger partial charge in [0.1, 0.15) is 12.4 Å². The third-order valence-electron chi connectivity index (χ3n) is 1.92. The van der Waals surface area contributed by atoms with E-state index in [9.17, 15) is 21.6 Å². The van der Waals surface area contributed by atoms with Gasteiger partial charge in [0, 0.05) is 6.54 Å². The van der Waals surface area contributed by atoms with Crippen LogP contribution in [-0.4, -0.2) is 27.8 Å². The number of nitrogens with one attached hydrogen (secondary N) is 1. The van der Waals surface area contributed by atoms with E-state index < -0.39 is 21.8 Å². The Morgan fingerprint density at radius 1 is 1.28 bits per heavy atom. The molecule has 0 saturated carbocycles. The van der Waals surface area contributed by atoms with E-state index >= 15 is 0 Å². The van der Waals surface area contributed by atoms with Crippen LogP contribution in [0.1, 0.15) is 5.56 Å². The third kappa shape index (κ3) is 4.92. The summed E-state index contributed by atoms with van der Waals surface area (Å²) in [5.74, 6) is -0.319. The van der Waals surface area contributed by atoms with Crippen molar-refractivity contribution >= 4 is 10.0 Å². The first-order valence-corrected chi connectivity index (χ1v) is 6.83. The molecule has 0 saturated heterocycles. The highest BCUT2D eigenvalue weighted by molar-refractivity contribution is 7.88. The molecule has 8 heteroatoms. The predicted molar refractivity (Wildman–Crippen MR) is 59.8 cm³/mol. The van der Waals surface area contributed by atoms with Gasteiger partial charge in [-0.25, -0.2) is 13.1 Å². The number of hydrogen-bond donors (Lipinski definition) is 1. The molecule has 0 bridgehead atoms. The van der Waals surface area contributed by atoms with E-state index in [0.29, 0.717) is 0 Å². The molecule has 0 fully saturated rings. The van der Waals surface area contributed by atoms with Crippen molar-refractivity contribution in [3.05, 3.63) is 29.8 Å². The highest BCUT2D eigenvalue weighted by atomic mass is 32.2. The van der Waals surface area contributed by atoms with Crippen LogP contribution in [0.5, 0.6) is 5.75 Å². The Hall–Kier alpha value is -1.28. The molecule has 0 aliphatic heterocycles. The van der Waals surface area contributed by atoms with Crippen LogP contribution in [-0.2, 0) is 16.2 Å². The summed E-state index contributed by atoms with van der Waals surface area (Å²) in [5.41, 5.74) is -0.885. The maximum atomic E-state index is 12.6. The fraction of sp³-hybridized carbons (Fsp3) is 0.400. The molecule has 0 aliphatic rings. The van der Waals surface area contributed by atoms with Gasteiger partial charge in [-0.2, -0.15) is 13.2 Å². The van der Waals surface area contributed by atoms with Gasteiger partial charge in [0.15, 0.2) is 0 Å². The first kappa shape index (κ1) is 14.8. The molecule has 1 rings (SSSR count). The zero-order valence-corrected chi connectivity index (χ0v) is 10.3. The van der Waals surface area contributed by atoms with Gasteiger partial charge in [0.2, 0.25) is 10.0 Å². The number of sulfonamides is 1. The van der Waals surface area contributed by atoms with Gasteiger partial charge in [-0.05, 0) is 12.1 Å². The maximum absolute atomic E-state index is 12.6. The molecule has 0 aliphatic carbocycles. The molecular weight excluding hydrogens is 271 g/mol. The van der Waals surface area contributed by atoms with Gasteiger partial charge in [-0.3, -0.25) is 0 Å². The van der Waals surface area contributed by atoms with E-state index in [0.717, 1.165) is 12.3 Å². The van der Waals surface area contributed by atoms with Gasteiger partial charge in [-0.1, -0.05) is 12.1 Å². The monoisotopic (exact) mass is 283 g/mol. The van der Waals surface area contributed by atoms with E-state index in [1.807, 2.05) is 0 Å². The molecular formula is C10H12F3NO3S. The number of hydrogen-bond acceptors (Lipinski definition) is 3. The zero-order chi connectivity index (χ0) is 13.8. The number of halogens is 3. The summed E-state index contributed by atoms with van der Waals surface area (Å²) in [6.45, 7) is -0.273. The number of ether oxygens (including phenoxy) is 1. The standard InChI is InChI=1S/C10H12F3NO3S/c1-18(15,16)14-6-7-17-9-5-3-2-4-8(9)10(11,12)13/h2-5,14H,6-7H2,1H3. The van der Waals surface area contributed by atoms with Gasteiger partial charge in [0.25, 0.3) is 0 Å². The van der Waals surface area contributed by atoms with E-state index in [2.05, 4.69) is 4.72 Å². The first-order valence-electron chi connectivity index (χ1n) is 4.94. The molecule has 1 N–H and O–H groups in total. The fourth-order valence-electron chi connectivity index (χ4n) is 1.21. The van der Waals surface area contributed by atoms with Gasteiger partial charge >= 0.3 is 6.18 Å². The van der Waals surface area contributed by atoms with Gasteiger partial charge in [-0.15, -0.1) is 0 Å². The summed E-state index contributed by atoms with van der Waals surface area (Å²) in [6.07, 6.45) is -3.54. The van der Waals surface area contributed by atoms with Crippen LogP contribution in [0.25, 0.3) is 0 Å².